The summed E-state index contributed by atoms with van der Waals surface area (Å²) in [6, 6.07) is 0. The third-order valence-corrected chi connectivity index (χ3v) is 7.82. The Morgan fingerprint density at radius 2 is 0.537 bits per heavy atom. The molecule has 0 atom stereocenters. The smallest absolute Gasteiger partial charge is 0.550 e. The van der Waals surface area contributed by atoms with Gasteiger partial charge in [0.05, 0.1) is 0 Å². The largest absolute Gasteiger partial charge is 2.00 e. The van der Waals surface area contributed by atoms with Crippen LogP contribution in [0.25, 0.3) is 0 Å². The first-order chi connectivity index (χ1) is 19.3. The van der Waals surface area contributed by atoms with Gasteiger partial charge >= 0.3 is 21.7 Å². The van der Waals surface area contributed by atoms with Gasteiger partial charge in [-0.2, -0.15) is 0 Å². The average Bonchev–Trinajstić information content (AvgIpc) is 2.88. The van der Waals surface area contributed by atoms with Crippen LogP contribution >= 0.6 is 0 Å². The van der Waals surface area contributed by atoms with Gasteiger partial charge < -0.3 is 19.8 Å². The van der Waals surface area contributed by atoms with Crippen molar-refractivity contribution in [2.45, 2.75) is 207 Å². The molecule has 0 saturated carbocycles. The molecule has 0 aliphatic carbocycles. The van der Waals surface area contributed by atoms with Gasteiger partial charge in [-0.3, -0.25) is 0 Å². The summed E-state index contributed by atoms with van der Waals surface area (Å²) in [5, 5.41) is 20.4. The Labute approximate surface area is 271 Å². The summed E-state index contributed by atoms with van der Waals surface area (Å²) < 4.78 is 0. The van der Waals surface area contributed by atoms with Gasteiger partial charge in [-0.1, -0.05) is 182 Å². The molecule has 0 aromatic carbocycles. The number of rotatable bonds is 30. The monoisotopic (exact) mass is 614 g/mol. The Morgan fingerprint density at radius 1 is 0.366 bits per heavy atom. The predicted octanol–water partition coefficient (Wildman–Crippen LogP) is 9.70. The maximum atomic E-state index is 10.2. The molecule has 0 rings (SSSR count). The van der Waals surface area contributed by atoms with Crippen LogP contribution in [0.4, 0.5) is 0 Å². The quantitative estimate of drug-likeness (QED) is 0.0596. The number of hydrogen-bond acceptors (Lipinski definition) is 4. The number of hydrogen-bond donors (Lipinski definition) is 0. The zero-order valence-electron chi connectivity index (χ0n) is 28.1. The molecule has 0 saturated heterocycles. The van der Waals surface area contributed by atoms with Crippen LogP contribution in [0.1, 0.15) is 207 Å². The van der Waals surface area contributed by atoms with E-state index >= 15 is 0 Å². The minimum absolute atomic E-state index is 0. The molecule has 5 heteroatoms. The number of unbranched alkanes of at least 4 members (excludes halogenated alkanes) is 22. The van der Waals surface area contributed by atoms with Gasteiger partial charge in [0.1, 0.15) is 0 Å². The van der Waals surface area contributed by atoms with E-state index in [1.165, 1.54) is 141 Å². The molecule has 0 spiro atoms. The van der Waals surface area contributed by atoms with Crippen LogP contribution in [0.2, 0.25) is 0 Å². The van der Waals surface area contributed by atoms with E-state index in [1.54, 1.807) is 0 Å². The molecule has 0 N–H and O–H groups in total. The van der Waals surface area contributed by atoms with Gasteiger partial charge in [0, 0.05) is 11.9 Å². The zero-order valence-corrected chi connectivity index (χ0v) is 29.6. The maximum absolute atomic E-state index is 10.2. The molecule has 0 aliphatic heterocycles. The average molecular weight is 615 g/mol. The van der Waals surface area contributed by atoms with Gasteiger partial charge in [-0.15, -0.1) is 0 Å². The van der Waals surface area contributed by atoms with Gasteiger partial charge in [-0.05, 0) is 37.5 Å². The minimum Gasteiger partial charge on any atom is -0.550 e. The van der Waals surface area contributed by atoms with E-state index in [-0.39, 0.29) is 34.6 Å². The van der Waals surface area contributed by atoms with Crippen LogP contribution in [0, 0.1) is 11.8 Å². The van der Waals surface area contributed by atoms with E-state index in [0.717, 1.165) is 37.5 Å². The zero-order chi connectivity index (χ0) is 30.1. The number of aliphatic carboxylic acids is 2. The summed E-state index contributed by atoms with van der Waals surface area (Å²) in [6.45, 7) is 9.22. The second-order valence-corrected chi connectivity index (χ2v) is 13.1. The van der Waals surface area contributed by atoms with Crippen LogP contribution in [-0.2, 0) is 31.3 Å². The summed E-state index contributed by atoms with van der Waals surface area (Å²) in [4.78, 5) is 20.4. The molecule has 242 valence electrons. The first-order valence-electron chi connectivity index (χ1n) is 17.6. The molecule has 0 unspecified atom stereocenters. The van der Waals surface area contributed by atoms with Crippen molar-refractivity contribution < 1.29 is 41.5 Å². The van der Waals surface area contributed by atoms with Gasteiger partial charge in [-0.25, -0.2) is 0 Å². The van der Waals surface area contributed by atoms with E-state index < -0.39 is 11.9 Å². The topological polar surface area (TPSA) is 80.3 Å². The molecule has 41 heavy (non-hydrogen) atoms. The van der Waals surface area contributed by atoms with Crippen molar-refractivity contribution in [2.24, 2.45) is 11.8 Å². The Balaban J connectivity index is -0.000000688. The maximum Gasteiger partial charge on any atom is 2.00 e. The number of carbonyl (C=O) groups excluding carboxylic acids is 2. The van der Waals surface area contributed by atoms with E-state index in [2.05, 4.69) is 27.7 Å². The summed E-state index contributed by atoms with van der Waals surface area (Å²) >= 11 is 0. The molecular weight excluding hydrogens is 544 g/mol. The van der Waals surface area contributed by atoms with Gasteiger partial charge in [0.15, 0.2) is 0 Å². The molecular formula is C36H70O4Ti. The van der Waals surface area contributed by atoms with Gasteiger partial charge in [0.25, 0.3) is 0 Å². The predicted molar refractivity (Wildman–Crippen MR) is 169 cm³/mol. The SMILES string of the molecule is CC(C)CCCCCCCCCCCCCCC(=O)[O-].CC(C)CCCCCCCCCCCCCCC(=O)[O-].[Ti+2]. The third kappa shape index (κ3) is 49.6. The fourth-order valence-corrected chi connectivity index (χ4v) is 5.18. The Morgan fingerprint density at radius 3 is 0.707 bits per heavy atom. The van der Waals surface area contributed by atoms with E-state index in [1.807, 2.05) is 0 Å². The van der Waals surface area contributed by atoms with E-state index in [4.69, 9.17) is 0 Å². The van der Waals surface area contributed by atoms with Crippen molar-refractivity contribution in [1.29, 1.82) is 0 Å². The molecule has 0 fully saturated rings. The number of carboxylic acid groups (broad SMARTS) is 2. The van der Waals surface area contributed by atoms with Crippen LogP contribution in [0.5, 0.6) is 0 Å². The summed E-state index contributed by atoms with van der Waals surface area (Å²) in [6.07, 6.45) is 34.0. The molecule has 0 amide bonds. The van der Waals surface area contributed by atoms with Crippen molar-refractivity contribution in [1.82, 2.24) is 0 Å². The normalized spacial score (nSPS) is 10.9. The second-order valence-electron chi connectivity index (χ2n) is 13.1. The number of carboxylic acids is 2. The van der Waals surface area contributed by atoms with Crippen molar-refractivity contribution in [3.63, 3.8) is 0 Å². The fourth-order valence-electron chi connectivity index (χ4n) is 5.18. The molecule has 4 nitrogen and oxygen atoms in total. The van der Waals surface area contributed by atoms with Crippen molar-refractivity contribution >= 4 is 11.9 Å². The van der Waals surface area contributed by atoms with Crippen molar-refractivity contribution in [2.75, 3.05) is 0 Å². The molecule has 0 bridgehead atoms. The van der Waals surface area contributed by atoms with E-state index in [9.17, 15) is 19.8 Å². The molecule has 0 radical (unpaired) electrons. The van der Waals surface area contributed by atoms with E-state index in [0.29, 0.717) is 0 Å². The first kappa shape index (κ1) is 45.1. The summed E-state index contributed by atoms with van der Waals surface area (Å²) in [7, 11) is 0. The van der Waals surface area contributed by atoms with Gasteiger partial charge in [0.2, 0.25) is 0 Å². The van der Waals surface area contributed by atoms with Crippen LogP contribution in [-0.4, -0.2) is 11.9 Å². The fraction of sp³-hybridized carbons (Fsp3) is 0.944. The minimum atomic E-state index is -0.904. The molecule has 0 heterocycles. The first-order valence-corrected chi connectivity index (χ1v) is 17.6. The van der Waals surface area contributed by atoms with Crippen molar-refractivity contribution in [3.8, 4) is 0 Å². The third-order valence-electron chi connectivity index (χ3n) is 7.82. The second kappa shape index (κ2) is 37.7. The number of carbonyl (C=O) groups is 2. The summed E-state index contributed by atoms with van der Waals surface area (Å²) in [5.41, 5.74) is 0. The van der Waals surface area contributed by atoms with Crippen LogP contribution in [0.3, 0.4) is 0 Å². The molecule has 0 aromatic rings. The summed E-state index contributed by atoms with van der Waals surface area (Å²) in [5.74, 6) is -0.0830. The standard InChI is InChI=1S/2C18H36O2.Ti/c2*1-17(2)15-13-11-9-7-5-3-4-6-8-10-12-14-16-18(19)20;/h2*17H,3-16H2,1-2H3,(H,19,20);/q;;+2/p-2. The van der Waals surface area contributed by atoms with Crippen molar-refractivity contribution in [3.05, 3.63) is 0 Å². The Kier molecular flexibility index (Phi) is 41.4. The van der Waals surface area contributed by atoms with Crippen LogP contribution < -0.4 is 10.2 Å². The Bertz CT molecular complexity index is 476. The van der Waals surface area contributed by atoms with Crippen LogP contribution in [0.15, 0.2) is 0 Å². The Hall–Kier alpha value is -0.346. The molecule has 0 aliphatic rings. The molecule has 0 aromatic heterocycles.